The zero-order valence-corrected chi connectivity index (χ0v) is 55.1. The standard InChI is InChI=1S/C60H83Br2ClFN9O15/c1-33(2)50(68-39(29-74)16-11-12-22-67-59(30-61,31-62)32-75)53(78)70-42(17-14-21-66-56(65)81)52(77)69-38-19-20-40(41(64)26-38)54(79)72(7)36(5)55(80)87-47-27-48(76)73(8)43-24-37(25-44(84-9)49(43)63)23-34(3)15-13-18-46(85-10)60(83)28-45(86-57(82)71-60)35(4)51-58(47,6)88-51/h13,15,18-20,24-26,29,32-33,35-36,39,42,45-47,50-51,67-68,83H,11-12,14,16-17,21-23,27-28,30-31H2,1-10H3,(H,69,77)(H,70,78)(H,71,82)(H3,65,66,81)/b18-13+,34-15+/t35-,36+,39?,42+,45+,46-,47+,50+,51+,58+,60+/m1/s1. The zero-order valence-electron chi connectivity index (χ0n) is 51.2. The number of epoxide rings is 1. The number of aldehydes is 2. The van der Waals surface area contributed by atoms with Crippen LogP contribution in [0.4, 0.5) is 25.4 Å². The topological polar surface area (TPSA) is 328 Å². The first-order chi connectivity index (χ1) is 41.5. The summed E-state index contributed by atoms with van der Waals surface area (Å²) in [6, 6.07) is 1.52. The van der Waals surface area contributed by atoms with Crippen molar-refractivity contribution >= 4 is 109 Å². The van der Waals surface area contributed by atoms with Crippen LogP contribution in [0.25, 0.3) is 0 Å². The highest BCUT2D eigenvalue weighted by Gasteiger charge is 2.64. The fraction of sp³-hybridized carbons (Fsp3) is 0.583. The van der Waals surface area contributed by atoms with Crippen molar-refractivity contribution in [2.75, 3.05) is 62.3 Å². The van der Waals surface area contributed by atoms with Crippen molar-refractivity contribution in [1.29, 1.82) is 0 Å². The van der Waals surface area contributed by atoms with Gasteiger partial charge < -0.3 is 75.2 Å². The quantitative estimate of drug-likeness (QED) is 0.0180. The van der Waals surface area contributed by atoms with E-state index in [2.05, 4.69) is 63.8 Å². The summed E-state index contributed by atoms with van der Waals surface area (Å²) < 4.78 is 45.6. The Morgan fingerprint density at radius 1 is 1.05 bits per heavy atom. The van der Waals surface area contributed by atoms with E-state index in [0.717, 1.165) is 34.5 Å². The molecule has 4 bridgehead atoms. The van der Waals surface area contributed by atoms with Crippen LogP contribution < -0.4 is 47.3 Å². The number of primary amides is 1. The second kappa shape index (κ2) is 32.6. The number of alkyl halides is 2. The number of alkyl carbamates (subject to hydrolysis) is 1. The summed E-state index contributed by atoms with van der Waals surface area (Å²) in [4.78, 5) is 122. The predicted molar refractivity (Wildman–Crippen MR) is 334 cm³/mol. The minimum Gasteiger partial charge on any atom is -0.495 e. The first kappa shape index (κ1) is 72.7. The van der Waals surface area contributed by atoms with Gasteiger partial charge in [0.2, 0.25) is 17.7 Å². The number of hydrogen-bond acceptors (Lipinski definition) is 17. The Morgan fingerprint density at radius 2 is 1.75 bits per heavy atom. The molecule has 0 radical (unpaired) electrons. The highest BCUT2D eigenvalue weighted by Crippen LogP contribution is 2.49. The minimum atomic E-state index is -1.94. The lowest BCUT2D eigenvalue weighted by atomic mass is 9.83. The number of halogens is 4. The van der Waals surface area contributed by atoms with Crippen LogP contribution in [0.3, 0.4) is 0 Å². The van der Waals surface area contributed by atoms with Crippen molar-refractivity contribution < 1.29 is 76.3 Å². The normalized spacial score (nSPS) is 24.5. The number of anilines is 2. The number of nitrogens with one attached hydrogen (secondary N) is 6. The Hall–Kier alpha value is -6.07. The van der Waals surface area contributed by atoms with Gasteiger partial charge in [-0.25, -0.2) is 18.8 Å². The summed E-state index contributed by atoms with van der Waals surface area (Å²) in [5.74, 6) is -5.80. The summed E-state index contributed by atoms with van der Waals surface area (Å²) in [7, 11) is 5.56. The van der Waals surface area contributed by atoms with Crippen LogP contribution in [-0.2, 0) is 54.1 Å². The van der Waals surface area contributed by atoms with E-state index < -0.39 is 131 Å². The van der Waals surface area contributed by atoms with Crippen LogP contribution in [0.2, 0.25) is 5.02 Å². The minimum absolute atomic E-state index is 0.0210. The maximum absolute atomic E-state index is 16.2. The number of aliphatic hydroxyl groups is 1. The number of benzene rings is 2. The molecular weight excluding hydrogens is 1300 g/mol. The molecule has 1 unspecified atom stereocenters. The molecule has 0 saturated carbocycles. The van der Waals surface area contributed by atoms with Crippen molar-refractivity contribution in [3.63, 3.8) is 0 Å². The molecule has 11 atom stereocenters. The lowest BCUT2D eigenvalue weighted by molar-refractivity contribution is -0.158. The van der Waals surface area contributed by atoms with Gasteiger partial charge in [0.1, 0.15) is 65.2 Å². The fourth-order valence-corrected chi connectivity index (χ4v) is 12.4. The van der Waals surface area contributed by atoms with Crippen molar-refractivity contribution in [1.82, 2.24) is 31.5 Å². The van der Waals surface area contributed by atoms with Crippen molar-refractivity contribution in [2.24, 2.45) is 17.6 Å². The molecule has 7 amide bonds. The second-order valence-electron chi connectivity index (χ2n) is 23.1. The monoisotopic (exact) mass is 1380 g/mol. The van der Waals surface area contributed by atoms with E-state index in [-0.39, 0.29) is 53.9 Å². The molecule has 3 aliphatic heterocycles. The molecule has 3 aliphatic rings. The van der Waals surface area contributed by atoms with Crippen LogP contribution in [0.5, 0.6) is 5.75 Å². The lowest BCUT2D eigenvalue weighted by Gasteiger charge is -2.42. The summed E-state index contributed by atoms with van der Waals surface area (Å²) in [5.41, 5.74) is 2.35. The van der Waals surface area contributed by atoms with Crippen LogP contribution in [0, 0.1) is 17.7 Å². The van der Waals surface area contributed by atoms with E-state index >= 15 is 4.39 Å². The molecular formula is C60H83Br2ClFN9O15. The molecule has 3 heterocycles. The van der Waals surface area contributed by atoms with E-state index in [9.17, 15) is 48.3 Å². The number of hydrogen-bond donors (Lipinski definition) is 8. The highest BCUT2D eigenvalue weighted by molar-refractivity contribution is 9.10. The van der Waals surface area contributed by atoms with E-state index in [1.165, 1.54) is 46.2 Å². The zero-order chi connectivity index (χ0) is 65.4. The average Bonchev–Trinajstić information content (AvgIpc) is 1.58. The number of amides is 7. The first-order valence-electron chi connectivity index (χ1n) is 28.9. The number of urea groups is 1. The number of likely N-dealkylation sites (N-methyl/N-ethyl adjacent to an activating group) is 1. The number of ether oxygens (including phenoxy) is 5. The number of carbonyl (C=O) groups is 9. The third kappa shape index (κ3) is 18.8. The van der Waals surface area contributed by atoms with Crippen LogP contribution in [0.1, 0.15) is 102 Å². The number of allylic oxidation sites excluding steroid dienone is 3. The van der Waals surface area contributed by atoms with E-state index in [1.54, 1.807) is 52.0 Å². The van der Waals surface area contributed by atoms with Gasteiger partial charge in [0, 0.05) is 56.4 Å². The summed E-state index contributed by atoms with van der Waals surface area (Å²) in [5, 5.41) is 29.4. The highest BCUT2D eigenvalue weighted by atomic mass is 79.9. The van der Waals surface area contributed by atoms with Crippen LogP contribution in [0.15, 0.2) is 54.1 Å². The largest absolute Gasteiger partial charge is 0.495 e. The van der Waals surface area contributed by atoms with Gasteiger partial charge in [-0.2, -0.15) is 0 Å². The van der Waals surface area contributed by atoms with Gasteiger partial charge in [0.25, 0.3) is 5.91 Å². The van der Waals surface area contributed by atoms with E-state index in [1.807, 2.05) is 13.0 Å². The molecule has 2 aromatic rings. The Balaban J connectivity index is 1.34. The third-order valence-electron chi connectivity index (χ3n) is 16.1. The molecule has 5 rings (SSSR count). The number of rotatable bonds is 27. The SMILES string of the molecule is COc1cc2cc(c1Cl)N(C)C(=O)C[C@H](OC(=O)[C@H](C)N(C)C(=O)c1ccc(NC(=O)[C@H](CCCNC(N)=O)NC(=O)[C@@H](NC(C=O)CCCCNC(C=O)(CBr)CBr)C(C)C)cc1F)[C@]1(C)O[C@H]1[C@H](C)[C@@H]1C[C@@](O)(NC(=O)O1)[C@H](OC)/C=C/C=C(\C)C2. The number of nitrogens with two attached hydrogens (primary N) is 1. The van der Waals surface area contributed by atoms with Gasteiger partial charge in [-0.1, -0.05) is 94.5 Å². The predicted octanol–water partition coefficient (Wildman–Crippen LogP) is 5.51. The number of nitrogens with zero attached hydrogens (tertiary/aromatic N) is 2. The molecule has 9 N–H and O–H groups in total. The van der Waals surface area contributed by atoms with Crippen molar-refractivity contribution in [3.05, 3.63) is 76.1 Å². The number of fused-ring (bicyclic) bond motifs is 5. The maximum atomic E-state index is 16.2. The van der Waals surface area contributed by atoms with Crippen LogP contribution in [-0.4, -0.2) is 182 Å². The average molecular weight is 1380 g/mol. The lowest BCUT2D eigenvalue weighted by Crippen LogP contribution is -2.63. The Morgan fingerprint density at radius 3 is 2.36 bits per heavy atom. The molecule has 88 heavy (non-hydrogen) atoms. The Kier molecular flexibility index (Phi) is 26.9. The molecule has 2 aromatic carbocycles. The van der Waals surface area contributed by atoms with Gasteiger partial charge in [-0.3, -0.25) is 29.8 Å². The van der Waals surface area contributed by atoms with E-state index in [0.29, 0.717) is 49.2 Å². The molecule has 24 nitrogen and oxygen atoms in total. The van der Waals surface area contributed by atoms with Gasteiger partial charge in [0.05, 0.1) is 48.5 Å². The number of carbonyl (C=O) groups excluding carboxylic acids is 9. The second-order valence-corrected chi connectivity index (χ2v) is 24.6. The molecule has 2 fully saturated rings. The summed E-state index contributed by atoms with van der Waals surface area (Å²) in [6.07, 6.45) is 2.91. The summed E-state index contributed by atoms with van der Waals surface area (Å²) >= 11 is 13.5. The third-order valence-corrected chi connectivity index (χ3v) is 18.5. The van der Waals surface area contributed by atoms with Gasteiger partial charge in [-0.15, -0.1) is 0 Å². The number of methoxy groups -OCH3 is 2. The number of esters is 1. The van der Waals surface area contributed by atoms with Gasteiger partial charge >= 0.3 is 18.1 Å². The Bertz CT molecular complexity index is 2920. The molecule has 0 aromatic heterocycles. The molecule has 0 aliphatic carbocycles. The summed E-state index contributed by atoms with van der Waals surface area (Å²) in [6.45, 7) is 10.6. The first-order valence-corrected chi connectivity index (χ1v) is 31.5. The van der Waals surface area contributed by atoms with Crippen LogP contribution >= 0.6 is 43.5 Å². The molecule has 28 heteroatoms. The molecule has 486 valence electrons. The van der Waals surface area contributed by atoms with Crippen molar-refractivity contribution in [2.45, 2.75) is 158 Å². The van der Waals surface area contributed by atoms with Gasteiger partial charge in [0.15, 0.2) is 5.72 Å². The maximum Gasteiger partial charge on any atom is 0.409 e. The van der Waals surface area contributed by atoms with Gasteiger partial charge in [-0.05, 0) is 101 Å². The Labute approximate surface area is 534 Å². The molecule has 0 spiro atoms. The van der Waals surface area contributed by atoms with Crippen molar-refractivity contribution in [3.8, 4) is 5.75 Å². The fourth-order valence-electron chi connectivity index (χ4n) is 10.5. The smallest absolute Gasteiger partial charge is 0.409 e. The molecule has 2 saturated heterocycles. The number of unbranched alkanes of at least 4 members (excludes halogenated alkanes) is 1. The van der Waals surface area contributed by atoms with E-state index in [4.69, 9.17) is 41.0 Å².